The molecule has 77 heavy (non-hydrogen) atoms. The molecule has 0 unspecified atom stereocenters. The number of aromatic nitrogens is 3. The van der Waals surface area contributed by atoms with Crippen LogP contribution in [0.25, 0.3) is 32.6 Å². The second-order valence-corrected chi connectivity index (χ2v) is 22.5. The molecular formula is C54H61F3N8O10S2. The number of benzene rings is 3. The summed E-state index contributed by atoms with van der Waals surface area (Å²) in [6.07, 6.45) is 1.71. The highest BCUT2D eigenvalue weighted by atomic mass is 32.2. The lowest BCUT2D eigenvalue weighted by molar-refractivity contribution is -0.144. The highest BCUT2D eigenvalue weighted by Gasteiger charge is 2.44. The van der Waals surface area contributed by atoms with Crippen molar-refractivity contribution in [2.24, 2.45) is 5.41 Å². The van der Waals surface area contributed by atoms with Crippen molar-refractivity contribution < 1.29 is 60.1 Å². The maximum Gasteiger partial charge on any atom is 0.301 e. The number of carbonyl (C=O) groups is 4. The van der Waals surface area contributed by atoms with Crippen LogP contribution in [0.1, 0.15) is 73.6 Å². The van der Waals surface area contributed by atoms with E-state index in [9.17, 15) is 37.1 Å². The fourth-order valence-electron chi connectivity index (χ4n) is 9.04. The number of H-pyrrole nitrogens is 1. The molecule has 5 N–H and O–H groups in total. The number of ether oxygens (including phenoxy) is 3. The van der Waals surface area contributed by atoms with Gasteiger partial charge in [0.05, 0.1) is 40.0 Å². The number of rotatable bonds is 23. The van der Waals surface area contributed by atoms with Crippen molar-refractivity contribution in [3.8, 4) is 27.3 Å². The van der Waals surface area contributed by atoms with E-state index >= 15 is 8.78 Å². The van der Waals surface area contributed by atoms with Crippen LogP contribution in [0.3, 0.4) is 0 Å². The molecule has 3 aromatic heterocycles. The third kappa shape index (κ3) is 13.9. The zero-order chi connectivity index (χ0) is 55.0. The number of aromatic amines is 1. The third-order valence-corrected chi connectivity index (χ3v) is 15.6. The lowest BCUT2D eigenvalue weighted by Gasteiger charge is -2.35. The van der Waals surface area contributed by atoms with Gasteiger partial charge in [-0.15, -0.1) is 11.3 Å². The number of likely N-dealkylation sites (tertiary alicyclic amines) is 1. The number of alkyl halides is 1. The number of halogens is 3. The molecule has 3 aromatic carbocycles. The summed E-state index contributed by atoms with van der Waals surface area (Å²) in [5, 5.41) is 16.5. The van der Waals surface area contributed by atoms with Crippen LogP contribution in [-0.4, -0.2) is 138 Å². The number of thiazole rings is 1. The number of amides is 3. The van der Waals surface area contributed by atoms with E-state index in [0.29, 0.717) is 49.5 Å². The van der Waals surface area contributed by atoms with Crippen LogP contribution >= 0.6 is 11.3 Å². The van der Waals surface area contributed by atoms with Crippen LogP contribution in [-0.2, 0) is 40.6 Å². The summed E-state index contributed by atoms with van der Waals surface area (Å²) >= 11 is 1.56. The monoisotopic (exact) mass is 1100 g/mol. The van der Waals surface area contributed by atoms with Gasteiger partial charge in [0.15, 0.2) is 5.82 Å². The van der Waals surface area contributed by atoms with Crippen LogP contribution in [0.2, 0.25) is 0 Å². The zero-order valence-electron chi connectivity index (χ0n) is 42.9. The van der Waals surface area contributed by atoms with Gasteiger partial charge in [0.25, 0.3) is 0 Å². The number of hydrogen-bond donors (Lipinski definition) is 5. The van der Waals surface area contributed by atoms with Crippen molar-refractivity contribution in [2.75, 3.05) is 57.4 Å². The molecule has 2 fully saturated rings. The van der Waals surface area contributed by atoms with Gasteiger partial charge in [0.2, 0.25) is 23.5 Å². The first kappa shape index (κ1) is 56.4. The Morgan fingerprint density at radius 2 is 1.64 bits per heavy atom. The van der Waals surface area contributed by atoms with Crippen LogP contribution < -0.4 is 20.1 Å². The van der Waals surface area contributed by atoms with Gasteiger partial charge in [-0.1, -0.05) is 57.2 Å². The standard InChI is InChI=1S/C54H61F3N8O10S2/c1-32-49(76-31-61-32)35-9-7-33(8-10-35)25-60-52(69)44-24-38(66)29-65(44)53(70)50(54(2,3)4)62-45(67)30-74-21-5-19-73-20-6-22-75-39-13-11-34(12-14-39)36-23-40-41(27-59-51(40)58-26-36)48(68)46-42(56)15-16-43(47(46)57)63-77(71,72)64-18-17-37(55)28-64/h7-16,23,26-27,31,37-38,44,50,63,66H,5-6,17-22,24-25,28-30H2,1-4H3,(H,58,59)(H,60,69)(H,62,67)/t37-,38-,44+,50-/m1/s1. The first-order chi connectivity index (χ1) is 36.8. The molecule has 6 aromatic rings. The number of nitrogens with zero attached hydrogens (tertiary/aromatic N) is 4. The van der Waals surface area contributed by atoms with Crippen molar-refractivity contribution in [1.29, 1.82) is 0 Å². The van der Waals surface area contributed by atoms with E-state index in [0.717, 1.165) is 38.1 Å². The molecule has 0 bridgehead atoms. The minimum atomic E-state index is -4.38. The lowest BCUT2D eigenvalue weighted by atomic mass is 9.85. The summed E-state index contributed by atoms with van der Waals surface area (Å²) in [7, 11) is -4.38. The number of pyridine rings is 1. The SMILES string of the molecule is Cc1ncsc1-c1ccc(CNC(=O)[C@@H]2C[C@@H](O)CN2C(=O)[C@@H](NC(=O)COCCCOCCCOc2ccc(-c3cnc4[nH]cc(C(=O)c5c(F)ccc(NS(=O)(=O)N6CC[C@@H](F)C6)c5F)c4c3)cc2)C(C)(C)C)cc1. The molecule has 0 spiro atoms. The van der Waals surface area contributed by atoms with Gasteiger partial charge in [-0.3, -0.25) is 23.9 Å². The van der Waals surface area contributed by atoms with Gasteiger partial charge in [-0.25, -0.2) is 23.1 Å². The summed E-state index contributed by atoms with van der Waals surface area (Å²) in [6, 6.07) is 16.3. The van der Waals surface area contributed by atoms with Gasteiger partial charge >= 0.3 is 10.2 Å². The predicted molar refractivity (Wildman–Crippen MR) is 283 cm³/mol. The average molecular weight is 1100 g/mol. The fourth-order valence-corrected chi connectivity index (χ4v) is 11.1. The molecule has 0 radical (unpaired) electrons. The highest BCUT2D eigenvalue weighted by molar-refractivity contribution is 7.90. The molecule has 2 aliphatic heterocycles. The van der Waals surface area contributed by atoms with Crippen LogP contribution in [0.5, 0.6) is 5.75 Å². The molecule has 8 rings (SSSR count). The molecule has 23 heteroatoms. The number of β-amino-alcohol motifs (C(OH)–C–C–N with tert-alkyl or cyclic N) is 1. The molecule has 5 heterocycles. The first-order valence-electron chi connectivity index (χ1n) is 25.1. The Balaban J connectivity index is 0.736. The zero-order valence-corrected chi connectivity index (χ0v) is 44.6. The minimum Gasteiger partial charge on any atom is -0.494 e. The summed E-state index contributed by atoms with van der Waals surface area (Å²) < 4.78 is 90.1. The van der Waals surface area contributed by atoms with Gasteiger partial charge in [0.1, 0.15) is 42.1 Å². The normalized spacial score (nSPS) is 17.4. The number of aryl methyl sites for hydroxylation is 1. The Morgan fingerprint density at radius 3 is 2.32 bits per heavy atom. The maximum absolute atomic E-state index is 15.7. The number of aliphatic hydroxyl groups is 1. The van der Waals surface area contributed by atoms with E-state index in [-0.39, 0.29) is 62.3 Å². The molecule has 2 saturated heterocycles. The van der Waals surface area contributed by atoms with Crippen molar-refractivity contribution in [3.05, 3.63) is 119 Å². The van der Waals surface area contributed by atoms with E-state index in [1.54, 1.807) is 53.4 Å². The molecule has 18 nitrogen and oxygen atoms in total. The number of carbonyl (C=O) groups excluding carboxylic acids is 4. The van der Waals surface area contributed by atoms with Gasteiger partial charge in [-0.05, 0) is 72.2 Å². The number of fused-ring (bicyclic) bond motifs is 1. The third-order valence-electron chi connectivity index (χ3n) is 13.2. The summed E-state index contributed by atoms with van der Waals surface area (Å²) in [6.45, 7) is 8.10. The first-order valence-corrected chi connectivity index (χ1v) is 27.4. The smallest absolute Gasteiger partial charge is 0.301 e. The predicted octanol–water partition coefficient (Wildman–Crippen LogP) is 6.87. The lowest BCUT2D eigenvalue weighted by Crippen LogP contribution is -2.58. The quantitative estimate of drug-likeness (QED) is 0.0327. The second kappa shape index (κ2) is 24.7. The number of hydrogen-bond acceptors (Lipinski definition) is 13. The van der Waals surface area contributed by atoms with Crippen molar-refractivity contribution in [2.45, 2.75) is 84.3 Å². The Morgan fingerprint density at radius 1 is 0.922 bits per heavy atom. The van der Waals surface area contributed by atoms with Crippen molar-refractivity contribution in [1.82, 2.24) is 34.8 Å². The number of aliphatic hydroxyl groups excluding tert-OH is 1. The van der Waals surface area contributed by atoms with E-state index in [1.165, 1.54) is 11.1 Å². The Labute approximate surface area is 447 Å². The molecule has 2 aliphatic rings. The highest BCUT2D eigenvalue weighted by Crippen LogP contribution is 2.32. The van der Waals surface area contributed by atoms with Crippen molar-refractivity contribution >= 4 is 61.8 Å². The Hall–Kier alpha value is -6.76. The molecular weight excluding hydrogens is 1040 g/mol. The topological polar surface area (TPSA) is 234 Å². The van der Waals surface area contributed by atoms with Crippen molar-refractivity contribution in [3.63, 3.8) is 0 Å². The maximum atomic E-state index is 15.7. The molecule has 3 amide bonds. The van der Waals surface area contributed by atoms with E-state index in [4.69, 9.17) is 14.2 Å². The van der Waals surface area contributed by atoms with Gasteiger partial charge in [-0.2, -0.15) is 12.7 Å². The fraction of sp³-hybridized carbons (Fsp3) is 0.407. The summed E-state index contributed by atoms with van der Waals surface area (Å²) in [5.41, 5.74) is 3.77. The Kier molecular flexibility index (Phi) is 18.1. The van der Waals surface area contributed by atoms with Gasteiger partial charge < -0.3 is 39.8 Å². The van der Waals surface area contributed by atoms with Crippen LogP contribution in [0, 0.1) is 24.0 Å². The van der Waals surface area contributed by atoms with Crippen LogP contribution in [0.15, 0.2) is 84.6 Å². The molecule has 0 saturated carbocycles. The van der Waals surface area contributed by atoms with E-state index < -0.39 is 92.9 Å². The molecule has 0 aliphatic carbocycles. The molecule has 410 valence electrons. The number of anilines is 1. The second-order valence-electron chi connectivity index (χ2n) is 20.0. The van der Waals surface area contributed by atoms with Gasteiger partial charge in [0, 0.05) is 87.7 Å². The Bertz CT molecular complexity index is 3190. The minimum absolute atomic E-state index is 0.0153. The van der Waals surface area contributed by atoms with Crippen LogP contribution in [0.4, 0.5) is 18.9 Å². The summed E-state index contributed by atoms with van der Waals surface area (Å²) in [4.78, 5) is 68.1. The largest absolute Gasteiger partial charge is 0.494 e. The number of nitrogens with one attached hydrogen (secondary N) is 4. The number of ketones is 1. The van der Waals surface area contributed by atoms with E-state index in [2.05, 4.69) is 25.6 Å². The average Bonchev–Trinajstić information content (AvgIpc) is 4.25. The summed E-state index contributed by atoms with van der Waals surface area (Å²) in [5.74, 6) is -4.44. The molecule has 4 atom stereocenters. The van der Waals surface area contributed by atoms with E-state index in [1.807, 2.05) is 56.7 Å².